The second-order valence-electron chi connectivity index (χ2n) is 5.83. The van der Waals surface area contributed by atoms with Crippen LogP contribution in [0.25, 0.3) is 0 Å². The molecule has 1 fully saturated rings. The van der Waals surface area contributed by atoms with Crippen LogP contribution in [0, 0.1) is 12.8 Å². The van der Waals surface area contributed by atoms with E-state index in [0.717, 1.165) is 18.1 Å². The molecule has 1 aromatic rings. The summed E-state index contributed by atoms with van der Waals surface area (Å²) < 4.78 is 0. The number of aryl methyl sites for hydroxylation is 1. The molecule has 0 heterocycles. The molecule has 0 saturated heterocycles. The molecule has 3 heteroatoms. The minimum Gasteiger partial charge on any atom is -0.330 e. The minimum atomic E-state index is 0.633. The van der Waals surface area contributed by atoms with Crippen molar-refractivity contribution < 1.29 is 0 Å². The quantitative estimate of drug-likeness (QED) is 0.913. The van der Waals surface area contributed by atoms with E-state index in [2.05, 4.69) is 24.9 Å². The summed E-state index contributed by atoms with van der Waals surface area (Å²) in [6.45, 7) is 3.94. The molecule has 2 atom stereocenters. The standard InChI is InChI=1S/C16H25ClN2/c1-12-9-15(17)8-7-14(12)11-19(2)16-6-4-3-5-13(16)10-18/h7-9,13,16H,3-6,10-11,18H2,1-2H3. The monoisotopic (exact) mass is 280 g/mol. The van der Waals surface area contributed by atoms with Crippen LogP contribution in [0.1, 0.15) is 36.8 Å². The summed E-state index contributed by atoms with van der Waals surface area (Å²) in [5.74, 6) is 0.659. The van der Waals surface area contributed by atoms with Crippen LogP contribution >= 0.6 is 11.6 Å². The van der Waals surface area contributed by atoms with Gasteiger partial charge in [-0.3, -0.25) is 4.90 Å². The second kappa shape index (κ2) is 6.74. The molecule has 0 radical (unpaired) electrons. The Hall–Kier alpha value is -0.570. The van der Waals surface area contributed by atoms with Gasteiger partial charge in [-0.1, -0.05) is 30.5 Å². The summed E-state index contributed by atoms with van der Waals surface area (Å²) >= 11 is 6.02. The highest BCUT2D eigenvalue weighted by Gasteiger charge is 2.27. The predicted molar refractivity (Wildman–Crippen MR) is 82.5 cm³/mol. The zero-order chi connectivity index (χ0) is 13.8. The molecule has 2 rings (SSSR count). The van der Waals surface area contributed by atoms with Crippen molar-refractivity contribution in [2.24, 2.45) is 11.7 Å². The SMILES string of the molecule is Cc1cc(Cl)ccc1CN(C)C1CCCCC1CN. The summed E-state index contributed by atoms with van der Waals surface area (Å²) in [5.41, 5.74) is 8.58. The van der Waals surface area contributed by atoms with Gasteiger partial charge < -0.3 is 5.73 Å². The number of rotatable bonds is 4. The van der Waals surface area contributed by atoms with E-state index in [9.17, 15) is 0 Å². The summed E-state index contributed by atoms with van der Waals surface area (Å²) in [7, 11) is 2.23. The molecule has 1 aromatic carbocycles. The highest BCUT2D eigenvalue weighted by atomic mass is 35.5. The van der Waals surface area contributed by atoms with E-state index in [1.807, 2.05) is 12.1 Å². The van der Waals surface area contributed by atoms with Gasteiger partial charge in [0.05, 0.1) is 0 Å². The van der Waals surface area contributed by atoms with Crippen LogP contribution < -0.4 is 5.73 Å². The van der Waals surface area contributed by atoms with Gasteiger partial charge in [0.25, 0.3) is 0 Å². The molecule has 1 aliphatic carbocycles. The molecule has 0 amide bonds. The summed E-state index contributed by atoms with van der Waals surface area (Å²) in [5, 5.41) is 0.821. The van der Waals surface area contributed by atoms with Crippen molar-refractivity contribution in [1.82, 2.24) is 4.90 Å². The van der Waals surface area contributed by atoms with Crippen LogP contribution in [-0.4, -0.2) is 24.5 Å². The third kappa shape index (κ3) is 3.71. The van der Waals surface area contributed by atoms with Gasteiger partial charge in [0.1, 0.15) is 0 Å². The first kappa shape index (κ1) is 14.8. The van der Waals surface area contributed by atoms with E-state index < -0.39 is 0 Å². The van der Waals surface area contributed by atoms with Crippen LogP contribution in [0.5, 0.6) is 0 Å². The Kier molecular flexibility index (Phi) is 5.26. The average Bonchev–Trinajstić information content (AvgIpc) is 2.41. The molecule has 0 aliphatic heterocycles. The van der Waals surface area contributed by atoms with Gasteiger partial charge in [0.15, 0.2) is 0 Å². The van der Waals surface area contributed by atoms with E-state index in [1.165, 1.54) is 36.8 Å². The van der Waals surface area contributed by atoms with Crippen molar-refractivity contribution in [2.75, 3.05) is 13.6 Å². The lowest BCUT2D eigenvalue weighted by atomic mass is 9.83. The largest absolute Gasteiger partial charge is 0.330 e. The first-order chi connectivity index (χ1) is 9.11. The van der Waals surface area contributed by atoms with Crippen molar-refractivity contribution in [3.8, 4) is 0 Å². The smallest absolute Gasteiger partial charge is 0.0408 e. The van der Waals surface area contributed by atoms with Gasteiger partial charge in [-0.25, -0.2) is 0 Å². The lowest BCUT2D eigenvalue weighted by Crippen LogP contribution is -2.42. The maximum Gasteiger partial charge on any atom is 0.0408 e. The van der Waals surface area contributed by atoms with Gasteiger partial charge >= 0.3 is 0 Å². The molecule has 106 valence electrons. The molecule has 2 nitrogen and oxygen atoms in total. The Labute approximate surface area is 121 Å². The topological polar surface area (TPSA) is 29.3 Å². The third-order valence-corrected chi connectivity index (χ3v) is 4.70. The molecule has 0 spiro atoms. The number of hydrogen-bond donors (Lipinski definition) is 1. The van der Waals surface area contributed by atoms with Crippen molar-refractivity contribution in [3.05, 3.63) is 34.3 Å². The zero-order valence-electron chi connectivity index (χ0n) is 12.0. The molecule has 2 N–H and O–H groups in total. The van der Waals surface area contributed by atoms with Crippen LogP contribution in [-0.2, 0) is 6.54 Å². The number of nitrogens with two attached hydrogens (primary N) is 1. The van der Waals surface area contributed by atoms with E-state index in [0.29, 0.717) is 12.0 Å². The van der Waals surface area contributed by atoms with Crippen LogP contribution in [0.15, 0.2) is 18.2 Å². The van der Waals surface area contributed by atoms with Crippen LogP contribution in [0.2, 0.25) is 5.02 Å². The molecule has 2 unspecified atom stereocenters. The maximum absolute atomic E-state index is 6.02. The second-order valence-corrected chi connectivity index (χ2v) is 6.27. The third-order valence-electron chi connectivity index (χ3n) is 4.46. The Morgan fingerprint density at radius 2 is 2.05 bits per heavy atom. The Morgan fingerprint density at radius 1 is 1.32 bits per heavy atom. The van der Waals surface area contributed by atoms with Crippen molar-refractivity contribution >= 4 is 11.6 Å². The highest BCUT2D eigenvalue weighted by molar-refractivity contribution is 6.30. The number of halogens is 1. The van der Waals surface area contributed by atoms with Gasteiger partial charge in [0, 0.05) is 17.6 Å². The summed E-state index contributed by atoms with van der Waals surface area (Å²) in [6.07, 6.45) is 5.24. The lowest BCUT2D eigenvalue weighted by Gasteiger charge is -2.37. The molecule has 0 bridgehead atoms. The van der Waals surface area contributed by atoms with Crippen molar-refractivity contribution in [3.63, 3.8) is 0 Å². The lowest BCUT2D eigenvalue weighted by molar-refractivity contribution is 0.127. The highest BCUT2D eigenvalue weighted by Crippen LogP contribution is 2.28. The van der Waals surface area contributed by atoms with Gasteiger partial charge in [-0.05, 0) is 62.5 Å². The number of hydrogen-bond acceptors (Lipinski definition) is 2. The Morgan fingerprint density at radius 3 is 2.74 bits per heavy atom. The average molecular weight is 281 g/mol. The van der Waals surface area contributed by atoms with Gasteiger partial charge in [0.2, 0.25) is 0 Å². The Bertz CT molecular complexity index is 419. The fourth-order valence-corrected chi connectivity index (χ4v) is 3.49. The molecular weight excluding hydrogens is 256 g/mol. The van der Waals surface area contributed by atoms with Gasteiger partial charge in [-0.2, -0.15) is 0 Å². The normalized spacial score (nSPS) is 23.8. The first-order valence-electron chi connectivity index (χ1n) is 7.27. The van der Waals surface area contributed by atoms with Crippen LogP contribution in [0.4, 0.5) is 0 Å². The first-order valence-corrected chi connectivity index (χ1v) is 7.65. The molecule has 1 saturated carbocycles. The van der Waals surface area contributed by atoms with E-state index in [1.54, 1.807) is 0 Å². The fourth-order valence-electron chi connectivity index (χ4n) is 3.27. The maximum atomic E-state index is 6.02. The number of benzene rings is 1. The zero-order valence-corrected chi connectivity index (χ0v) is 12.8. The van der Waals surface area contributed by atoms with Crippen molar-refractivity contribution in [2.45, 2.75) is 45.2 Å². The van der Waals surface area contributed by atoms with Gasteiger partial charge in [-0.15, -0.1) is 0 Å². The molecular formula is C16H25ClN2. The summed E-state index contributed by atoms with van der Waals surface area (Å²) in [6, 6.07) is 6.81. The van der Waals surface area contributed by atoms with E-state index in [4.69, 9.17) is 17.3 Å². The van der Waals surface area contributed by atoms with E-state index in [-0.39, 0.29) is 0 Å². The number of nitrogens with zero attached hydrogens (tertiary/aromatic N) is 1. The molecule has 1 aliphatic rings. The fraction of sp³-hybridized carbons (Fsp3) is 0.625. The molecule has 0 aromatic heterocycles. The summed E-state index contributed by atoms with van der Waals surface area (Å²) in [4.78, 5) is 2.48. The molecule has 19 heavy (non-hydrogen) atoms. The predicted octanol–water partition coefficient (Wildman–Crippen LogP) is 3.60. The van der Waals surface area contributed by atoms with Crippen molar-refractivity contribution in [1.29, 1.82) is 0 Å². The minimum absolute atomic E-state index is 0.633. The van der Waals surface area contributed by atoms with E-state index >= 15 is 0 Å². The van der Waals surface area contributed by atoms with Crippen LogP contribution in [0.3, 0.4) is 0 Å². The Balaban J connectivity index is 2.04.